The first-order valence-corrected chi connectivity index (χ1v) is 7.50. The first-order chi connectivity index (χ1) is 10.5. The first-order valence-electron chi connectivity index (χ1n) is 7.50. The maximum Gasteiger partial charge on any atom is 0.217 e. The number of methoxy groups -OCH3 is 1. The van der Waals surface area contributed by atoms with Gasteiger partial charge >= 0.3 is 0 Å². The Balaban J connectivity index is 2.13. The lowest BCUT2D eigenvalue weighted by Gasteiger charge is -2.13. The van der Waals surface area contributed by atoms with Gasteiger partial charge in [0, 0.05) is 13.0 Å². The SMILES string of the molecule is COc1ccc(-c2ccc(CC(C)NC(C)=O)cc2)c(C)c1. The van der Waals surface area contributed by atoms with E-state index in [4.69, 9.17) is 4.74 Å². The van der Waals surface area contributed by atoms with Crippen LogP contribution in [0.4, 0.5) is 0 Å². The summed E-state index contributed by atoms with van der Waals surface area (Å²) in [5.74, 6) is 0.889. The van der Waals surface area contributed by atoms with Crippen molar-refractivity contribution in [3.05, 3.63) is 53.6 Å². The van der Waals surface area contributed by atoms with Gasteiger partial charge < -0.3 is 10.1 Å². The van der Waals surface area contributed by atoms with Gasteiger partial charge in [-0.15, -0.1) is 0 Å². The molecule has 0 aliphatic carbocycles. The molecule has 0 spiro atoms. The molecule has 1 N–H and O–H groups in total. The molecule has 2 rings (SSSR count). The summed E-state index contributed by atoms with van der Waals surface area (Å²) in [6.45, 7) is 5.65. The fourth-order valence-electron chi connectivity index (χ4n) is 2.66. The highest BCUT2D eigenvalue weighted by Gasteiger charge is 2.07. The van der Waals surface area contributed by atoms with Gasteiger partial charge in [0.15, 0.2) is 0 Å². The smallest absolute Gasteiger partial charge is 0.217 e. The molecule has 0 aliphatic heterocycles. The fourth-order valence-corrected chi connectivity index (χ4v) is 2.66. The van der Waals surface area contributed by atoms with Crippen LogP contribution in [0.15, 0.2) is 42.5 Å². The van der Waals surface area contributed by atoms with Gasteiger partial charge in [-0.1, -0.05) is 30.3 Å². The van der Waals surface area contributed by atoms with E-state index in [1.54, 1.807) is 14.0 Å². The fraction of sp³-hybridized carbons (Fsp3) is 0.316. The van der Waals surface area contributed by atoms with E-state index >= 15 is 0 Å². The Bertz CT molecular complexity index is 647. The molecule has 1 unspecified atom stereocenters. The molecule has 0 heterocycles. The summed E-state index contributed by atoms with van der Waals surface area (Å²) in [5, 5.41) is 2.91. The molecule has 0 saturated heterocycles. The van der Waals surface area contributed by atoms with E-state index in [0.717, 1.165) is 12.2 Å². The summed E-state index contributed by atoms with van der Waals surface area (Å²) in [6.07, 6.45) is 0.835. The topological polar surface area (TPSA) is 38.3 Å². The molecule has 0 saturated carbocycles. The number of hydrogen-bond acceptors (Lipinski definition) is 2. The molecule has 1 atom stereocenters. The zero-order chi connectivity index (χ0) is 16.1. The lowest BCUT2D eigenvalue weighted by molar-refractivity contribution is -0.119. The third-order valence-electron chi connectivity index (χ3n) is 3.69. The van der Waals surface area contributed by atoms with Crippen LogP contribution in [0.2, 0.25) is 0 Å². The predicted molar refractivity (Wildman–Crippen MR) is 90.1 cm³/mol. The molecule has 0 radical (unpaired) electrons. The van der Waals surface area contributed by atoms with E-state index in [2.05, 4.69) is 42.6 Å². The predicted octanol–water partition coefficient (Wildman–Crippen LogP) is 3.74. The van der Waals surface area contributed by atoms with E-state index in [1.807, 2.05) is 19.1 Å². The third kappa shape index (κ3) is 4.10. The molecular weight excluding hydrogens is 274 g/mol. The summed E-state index contributed by atoms with van der Waals surface area (Å²) in [4.78, 5) is 11.1. The molecule has 3 heteroatoms. The number of carbonyl (C=O) groups excluding carboxylic acids is 1. The van der Waals surface area contributed by atoms with Crippen molar-refractivity contribution in [2.45, 2.75) is 33.2 Å². The van der Waals surface area contributed by atoms with Gasteiger partial charge in [-0.2, -0.15) is 0 Å². The monoisotopic (exact) mass is 297 g/mol. The molecule has 2 aromatic carbocycles. The number of benzene rings is 2. The van der Waals surface area contributed by atoms with E-state index in [-0.39, 0.29) is 11.9 Å². The number of carbonyl (C=O) groups is 1. The van der Waals surface area contributed by atoms with Crippen molar-refractivity contribution in [2.75, 3.05) is 7.11 Å². The van der Waals surface area contributed by atoms with Crippen molar-refractivity contribution in [1.82, 2.24) is 5.32 Å². The second-order valence-electron chi connectivity index (χ2n) is 5.68. The summed E-state index contributed by atoms with van der Waals surface area (Å²) in [7, 11) is 1.68. The largest absolute Gasteiger partial charge is 0.497 e. The number of nitrogens with one attached hydrogen (secondary N) is 1. The van der Waals surface area contributed by atoms with E-state index in [9.17, 15) is 4.79 Å². The molecular formula is C19H23NO2. The van der Waals surface area contributed by atoms with E-state index in [1.165, 1.54) is 22.3 Å². The van der Waals surface area contributed by atoms with Crippen LogP contribution < -0.4 is 10.1 Å². The number of amides is 1. The van der Waals surface area contributed by atoms with Crippen molar-refractivity contribution in [1.29, 1.82) is 0 Å². The summed E-state index contributed by atoms with van der Waals surface area (Å²) >= 11 is 0. The van der Waals surface area contributed by atoms with Crippen LogP contribution in [0.1, 0.15) is 25.0 Å². The third-order valence-corrected chi connectivity index (χ3v) is 3.69. The van der Waals surface area contributed by atoms with Gasteiger partial charge in [0.25, 0.3) is 0 Å². The number of aryl methyl sites for hydroxylation is 1. The minimum Gasteiger partial charge on any atom is -0.497 e. The van der Waals surface area contributed by atoms with Crippen LogP contribution in [-0.4, -0.2) is 19.1 Å². The van der Waals surface area contributed by atoms with Crippen molar-refractivity contribution in [3.63, 3.8) is 0 Å². The average Bonchev–Trinajstić information content (AvgIpc) is 2.47. The Morgan fingerprint density at radius 3 is 2.41 bits per heavy atom. The average molecular weight is 297 g/mol. The Morgan fingerprint density at radius 1 is 1.18 bits per heavy atom. The standard InChI is InChI=1S/C19H23NO2/c1-13-11-18(22-4)9-10-19(13)17-7-5-16(6-8-17)12-14(2)20-15(3)21/h5-11,14H,12H2,1-4H3,(H,20,21). The van der Waals surface area contributed by atoms with Gasteiger partial charge in [-0.3, -0.25) is 4.79 Å². The highest BCUT2D eigenvalue weighted by atomic mass is 16.5. The lowest BCUT2D eigenvalue weighted by atomic mass is 9.98. The van der Waals surface area contributed by atoms with Crippen molar-refractivity contribution in [2.24, 2.45) is 0 Å². The molecule has 1 amide bonds. The molecule has 2 aromatic rings. The molecule has 0 aliphatic rings. The summed E-state index contributed by atoms with van der Waals surface area (Å²) in [5.41, 5.74) is 4.81. The van der Waals surface area contributed by atoms with E-state index < -0.39 is 0 Å². The van der Waals surface area contributed by atoms with Crippen LogP contribution in [0.25, 0.3) is 11.1 Å². The molecule has 116 valence electrons. The van der Waals surface area contributed by atoms with Gasteiger partial charge in [-0.25, -0.2) is 0 Å². The summed E-state index contributed by atoms with van der Waals surface area (Å²) in [6, 6.07) is 14.8. The van der Waals surface area contributed by atoms with Crippen LogP contribution >= 0.6 is 0 Å². The Hall–Kier alpha value is -2.29. The highest BCUT2D eigenvalue weighted by Crippen LogP contribution is 2.27. The van der Waals surface area contributed by atoms with Gasteiger partial charge in [0.05, 0.1) is 7.11 Å². The Morgan fingerprint density at radius 2 is 1.86 bits per heavy atom. The second-order valence-corrected chi connectivity index (χ2v) is 5.68. The van der Waals surface area contributed by atoms with E-state index in [0.29, 0.717) is 0 Å². The number of hydrogen-bond donors (Lipinski definition) is 1. The second kappa shape index (κ2) is 7.12. The summed E-state index contributed by atoms with van der Waals surface area (Å²) < 4.78 is 5.25. The van der Waals surface area contributed by atoms with Crippen molar-refractivity contribution >= 4 is 5.91 Å². The maximum absolute atomic E-state index is 11.1. The van der Waals surface area contributed by atoms with Crippen LogP contribution in [0, 0.1) is 6.92 Å². The molecule has 0 aromatic heterocycles. The normalized spacial score (nSPS) is 11.8. The van der Waals surface area contributed by atoms with Crippen LogP contribution in [-0.2, 0) is 11.2 Å². The Labute approximate surface area is 132 Å². The quantitative estimate of drug-likeness (QED) is 0.913. The van der Waals surface area contributed by atoms with Crippen LogP contribution in [0.3, 0.4) is 0 Å². The van der Waals surface area contributed by atoms with Gasteiger partial charge in [0.2, 0.25) is 5.91 Å². The molecule has 22 heavy (non-hydrogen) atoms. The van der Waals surface area contributed by atoms with Gasteiger partial charge in [0.1, 0.15) is 5.75 Å². The molecule has 0 bridgehead atoms. The molecule has 0 fully saturated rings. The van der Waals surface area contributed by atoms with Crippen molar-refractivity contribution < 1.29 is 9.53 Å². The molecule has 3 nitrogen and oxygen atoms in total. The highest BCUT2D eigenvalue weighted by molar-refractivity contribution is 5.73. The van der Waals surface area contributed by atoms with Gasteiger partial charge in [-0.05, 0) is 54.7 Å². The number of rotatable bonds is 5. The minimum atomic E-state index is 0.0120. The zero-order valence-corrected chi connectivity index (χ0v) is 13.6. The first kappa shape index (κ1) is 16.1. The maximum atomic E-state index is 11.1. The number of ether oxygens (including phenoxy) is 1. The van der Waals surface area contributed by atoms with Crippen LogP contribution in [0.5, 0.6) is 5.75 Å². The lowest BCUT2D eigenvalue weighted by Crippen LogP contribution is -2.31. The zero-order valence-electron chi connectivity index (χ0n) is 13.6. The van der Waals surface area contributed by atoms with Crippen molar-refractivity contribution in [3.8, 4) is 16.9 Å². The minimum absolute atomic E-state index is 0.0120. The Kier molecular flexibility index (Phi) is 5.21.